The van der Waals surface area contributed by atoms with Crippen LogP contribution in [-0.4, -0.2) is 159 Å². The molecule has 0 aliphatic carbocycles. The first-order chi connectivity index (χ1) is 41.3. The van der Waals surface area contributed by atoms with Crippen molar-refractivity contribution in [1.29, 1.82) is 10.5 Å². The zero-order chi connectivity index (χ0) is 62.0. The molecular formula is C60H79N10NaO13S2. The molecule has 0 radical (unpaired) electrons. The molecule has 26 heteroatoms. The maximum atomic E-state index is 12.1. The number of ether oxygens (including phenoxy) is 7. The van der Waals surface area contributed by atoms with Crippen LogP contribution in [0.2, 0.25) is 0 Å². The summed E-state index contributed by atoms with van der Waals surface area (Å²) in [5.74, 6) is -2.79. The molecule has 4 rings (SSSR count). The van der Waals surface area contributed by atoms with Crippen LogP contribution in [0.5, 0.6) is 0 Å². The van der Waals surface area contributed by atoms with Crippen LogP contribution in [0.15, 0.2) is 69.0 Å². The number of aliphatic hydroxyl groups excluding tert-OH is 3. The number of carbonyl (C=O) groups excluding carboxylic acids is 2. The number of benzene rings is 2. The van der Waals surface area contributed by atoms with E-state index in [0.717, 1.165) is 70.9 Å². The van der Waals surface area contributed by atoms with Gasteiger partial charge >= 0.3 is 35.5 Å². The maximum absolute atomic E-state index is 12.1. The Morgan fingerprint density at radius 3 is 1.42 bits per heavy atom. The molecule has 0 aliphatic rings. The van der Waals surface area contributed by atoms with Crippen LogP contribution in [0.1, 0.15) is 78.8 Å². The molecular weight excluding hydrogens is 1160 g/mol. The van der Waals surface area contributed by atoms with Gasteiger partial charge in [-0.1, -0.05) is 31.9 Å². The van der Waals surface area contributed by atoms with Crippen LogP contribution < -0.4 is 44.5 Å². The number of hydrogen-bond acceptors (Lipinski definition) is 23. The number of anilines is 2. The van der Waals surface area contributed by atoms with Gasteiger partial charge in [-0.05, 0) is 106 Å². The minimum absolute atomic E-state index is 0. The van der Waals surface area contributed by atoms with Gasteiger partial charge < -0.3 is 68.2 Å². The van der Waals surface area contributed by atoms with E-state index in [2.05, 4.69) is 59.0 Å². The summed E-state index contributed by atoms with van der Waals surface area (Å²) in [6, 6.07) is 15.7. The summed E-state index contributed by atoms with van der Waals surface area (Å²) in [5, 5.41) is 75.9. The van der Waals surface area contributed by atoms with E-state index >= 15 is 0 Å². The molecule has 1 unspecified atom stereocenters. The Morgan fingerprint density at radius 2 is 1.03 bits per heavy atom. The molecule has 1 atom stereocenters. The number of nitriles is 2. The quantitative estimate of drug-likeness (QED) is 0.0101. The molecule has 0 fully saturated rings. The summed E-state index contributed by atoms with van der Waals surface area (Å²) >= 11 is 2.30. The average Bonchev–Trinajstić information content (AvgIpc) is 4.24. The number of rotatable bonds is 42. The largest absolute Gasteiger partial charge is 1.00 e. The second kappa shape index (κ2) is 46.1. The second-order valence-corrected chi connectivity index (χ2v) is 20.6. The number of esters is 1. The first-order valence-electron chi connectivity index (χ1n) is 28.0. The summed E-state index contributed by atoms with van der Waals surface area (Å²) < 4.78 is 38.1. The number of carboxylic acid groups (broad SMARTS) is 1. The Hall–Kier alpha value is -6.08. The average molecular weight is 1240 g/mol. The number of carbonyl (C=O) groups is 2. The van der Waals surface area contributed by atoms with Gasteiger partial charge in [0.15, 0.2) is 0 Å². The van der Waals surface area contributed by atoms with Crippen molar-refractivity contribution < 1.29 is 92.7 Å². The van der Waals surface area contributed by atoms with E-state index in [1.54, 1.807) is 19.9 Å². The Kier molecular flexibility index (Phi) is 40.8. The van der Waals surface area contributed by atoms with Crippen molar-refractivity contribution in [2.75, 3.05) is 142 Å². The van der Waals surface area contributed by atoms with Crippen LogP contribution in [0.4, 0.5) is 42.8 Å². The van der Waals surface area contributed by atoms with Crippen molar-refractivity contribution >= 4 is 77.4 Å². The van der Waals surface area contributed by atoms with Gasteiger partial charge in [-0.15, -0.1) is 43.1 Å². The molecule has 0 saturated heterocycles. The number of allylic oxidation sites excluding steroid dienone is 2. The van der Waals surface area contributed by atoms with E-state index in [9.17, 15) is 25.2 Å². The monoisotopic (exact) mass is 1230 g/mol. The molecule has 0 spiro atoms. The zero-order valence-corrected chi connectivity index (χ0v) is 53.9. The normalized spacial score (nSPS) is 11.4. The van der Waals surface area contributed by atoms with E-state index in [-0.39, 0.29) is 95.3 Å². The third kappa shape index (κ3) is 28.6. The van der Waals surface area contributed by atoms with Gasteiger partial charge in [0.05, 0.1) is 141 Å². The summed E-state index contributed by atoms with van der Waals surface area (Å²) in [4.78, 5) is 34.6. The minimum atomic E-state index is -1.27. The molecule has 23 nitrogen and oxygen atoms in total. The number of carboxylic acids is 1. The van der Waals surface area contributed by atoms with E-state index < -0.39 is 17.9 Å². The molecule has 2 heterocycles. The smallest absolute Gasteiger partial charge is 0.550 e. The van der Waals surface area contributed by atoms with Crippen molar-refractivity contribution in [2.45, 2.75) is 73.1 Å². The summed E-state index contributed by atoms with van der Waals surface area (Å²) in [5.41, 5.74) is 6.94. The maximum Gasteiger partial charge on any atom is 1.00 e. The number of azo groups is 2. The van der Waals surface area contributed by atoms with Crippen LogP contribution in [0.3, 0.4) is 0 Å². The van der Waals surface area contributed by atoms with Gasteiger partial charge in [-0.3, -0.25) is 4.79 Å². The van der Waals surface area contributed by atoms with Crippen LogP contribution >= 0.6 is 22.7 Å². The van der Waals surface area contributed by atoms with E-state index in [1.165, 1.54) is 0 Å². The molecule has 0 amide bonds. The second-order valence-electron chi connectivity index (χ2n) is 18.7. The van der Waals surface area contributed by atoms with Crippen molar-refractivity contribution in [3.63, 3.8) is 0 Å². The van der Waals surface area contributed by atoms with Crippen molar-refractivity contribution in [2.24, 2.45) is 26.4 Å². The Morgan fingerprint density at radius 1 is 0.628 bits per heavy atom. The standard InChI is InChI=1S/C36H49N5O8S.C24H31N5O5S.Na/c1-5-6-7-8-9-10-11-29(36(44)45)25-33(43)49-23-22-48-21-20-47-18-15-41(14-17-46-19-16-42)30-12-13-32(27(2)24-30)39-40-35-31(26-37)28(3)34(38-4)50-35;1-18-16-20(29(6-10-32-12-8-30)7-11-33-14-15-34-13-9-31)4-5-22(18)27-28-24-21(17-25)19(2)23(26-3)35-24;/h9-10,12-13,24,29,42H,5-8,11,14-23,25H2,1-3H3,(H,44,45);4-5,16,30-31H,6-15H2,1-2H3;/q;;+1/p-1/b10-9+,40-39?;;. The van der Waals surface area contributed by atoms with Gasteiger partial charge in [0.2, 0.25) is 10.0 Å². The van der Waals surface area contributed by atoms with Crippen LogP contribution in [0.25, 0.3) is 9.69 Å². The molecule has 2 aromatic carbocycles. The molecule has 460 valence electrons. The van der Waals surface area contributed by atoms with Crippen molar-refractivity contribution in [1.82, 2.24) is 0 Å². The third-order valence-electron chi connectivity index (χ3n) is 12.5. The molecule has 0 bridgehead atoms. The SMILES string of the molecule is [C-]#[N+]c1sc(N=Nc2ccc(N(CCOCCO)CCOCCOCCO)cc2C)c(C#N)c1C.[C-]#[N+]c1sc(N=Nc2ccc(N(CCOCCO)CCOCCOCCOC(=O)CC(C/C=C/CCCCC)C(=O)[O-])cc2C)c(C#N)c1C.[Na+]. The Labute approximate surface area is 535 Å². The fourth-order valence-corrected chi connectivity index (χ4v) is 9.53. The summed E-state index contributed by atoms with van der Waals surface area (Å²) in [6.07, 6.45) is 7.90. The Bertz CT molecular complexity index is 2910. The summed E-state index contributed by atoms with van der Waals surface area (Å²) in [7, 11) is 0. The minimum Gasteiger partial charge on any atom is -0.550 e. The van der Waals surface area contributed by atoms with Crippen molar-refractivity contribution in [3.8, 4) is 12.1 Å². The van der Waals surface area contributed by atoms with Crippen molar-refractivity contribution in [3.05, 3.63) is 105 Å². The number of aryl methyl sites for hydroxylation is 2. The number of hydrogen-bond donors (Lipinski definition) is 3. The van der Waals surface area contributed by atoms with E-state index in [1.807, 2.05) is 56.3 Å². The number of aliphatic carboxylic acids is 1. The number of thiophene rings is 2. The predicted molar refractivity (Wildman–Crippen MR) is 323 cm³/mol. The van der Waals surface area contributed by atoms with Gasteiger partial charge in [-0.2, -0.15) is 10.5 Å². The fraction of sp³-hybridized carbons (Fsp3) is 0.533. The molecule has 0 aliphatic heterocycles. The number of unbranched alkanes of at least 4 members (excludes halogenated alkanes) is 3. The predicted octanol–water partition coefficient (Wildman–Crippen LogP) is 6.92. The van der Waals surface area contributed by atoms with Gasteiger partial charge in [-0.25, -0.2) is 9.69 Å². The van der Waals surface area contributed by atoms with Gasteiger partial charge in [0.1, 0.15) is 28.7 Å². The molecule has 4 aromatic rings. The topological polar surface area (TPSA) is 295 Å². The molecule has 2 aromatic heterocycles. The van der Waals surface area contributed by atoms with Crippen LogP contribution in [0, 0.1) is 69.4 Å². The zero-order valence-electron chi connectivity index (χ0n) is 50.3. The molecule has 3 N–H and O–H groups in total. The number of aliphatic hydroxyl groups is 3. The number of nitrogens with zero attached hydrogens (tertiary/aromatic N) is 10. The molecule has 86 heavy (non-hydrogen) atoms. The van der Waals surface area contributed by atoms with E-state index in [4.69, 9.17) is 61.6 Å². The first-order valence-corrected chi connectivity index (χ1v) is 29.6. The first kappa shape index (κ1) is 76.0. The van der Waals surface area contributed by atoms with E-state index in [0.29, 0.717) is 133 Å². The van der Waals surface area contributed by atoms with Crippen LogP contribution in [-0.2, 0) is 42.7 Å². The fourth-order valence-electron chi connectivity index (χ4n) is 7.79. The van der Waals surface area contributed by atoms with Gasteiger partial charge in [0, 0.05) is 49.4 Å². The third-order valence-corrected chi connectivity index (χ3v) is 14.6. The van der Waals surface area contributed by atoms with Gasteiger partial charge in [0.25, 0.3) is 0 Å². The summed E-state index contributed by atoms with van der Waals surface area (Å²) in [6.45, 7) is 30.4. The Balaban J connectivity index is 0.000000616. The molecule has 0 saturated carbocycles.